The molecule has 0 amide bonds. The van der Waals surface area contributed by atoms with Crippen LogP contribution in [-0.2, 0) is 4.74 Å². The van der Waals surface area contributed by atoms with Crippen molar-refractivity contribution in [3.63, 3.8) is 0 Å². The number of esters is 3. The van der Waals surface area contributed by atoms with Crippen molar-refractivity contribution in [2.24, 2.45) is 0 Å². The van der Waals surface area contributed by atoms with Crippen LogP contribution in [0.5, 0.6) is 17.2 Å². The van der Waals surface area contributed by atoms with Gasteiger partial charge < -0.3 is 19.3 Å². The van der Waals surface area contributed by atoms with Crippen molar-refractivity contribution in [3.05, 3.63) is 89.2 Å². The standard InChI is InChI=1S/C27H22F4O7/c1-2-3-9-23(27(29,30)31)38-25(34)19-13-11-18(15-21(19)28)36-26(35)20-12-10-17(32)14-22(20)37-24(33)16-7-5-4-6-8-16/h4-8,10-15,23,32H,2-3,9H2,1H3/t23-/m1/s1. The first-order valence-electron chi connectivity index (χ1n) is 11.4. The molecule has 0 aliphatic rings. The molecule has 3 rings (SSSR count). The molecule has 0 bridgehead atoms. The third-order valence-electron chi connectivity index (χ3n) is 5.20. The molecule has 0 aliphatic carbocycles. The van der Waals surface area contributed by atoms with E-state index < -0.39 is 53.7 Å². The molecule has 0 aliphatic heterocycles. The molecular weight excluding hydrogens is 512 g/mol. The lowest BCUT2D eigenvalue weighted by molar-refractivity contribution is -0.206. The van der Waals surface area contributed by atoms with E-state index in [0.29, 0.717) is 12.5 Å². The van der Waals surface area contributed by atoms with E-state index in [1.807, 2.05) is 0 Å². The minimum atomic E-state index is -4.82. The summed E-state index contributed by atoms with van der Waals surface area (Å²) in [6.45, 7) is 1.67. The Hall–Kier alpha value is -4.41. The van der Waals surface area contributed by atoms with Crippen molar-refractivity contribution in [2.75, 3.05) is 0 Å². The molecule has 11 heteroatoms. The Morgan fingerprint density at radius 2 is 1.55 bits per heavy atom. The molecule has 0 heterocycles. The van der Waals surface area contributed by atoms with E-state index in [2.05, 4.69) is 4.74 Å². The normalized spacial score (nSPS) is 11.9. The molecule has 1 atom stereocenters. The summed E-state index contributed by atoms with van der Waals surface area (Å²) in [5.74, 6) is -5.78. The third kappa shape index (κ3) is 7.31. The fraction of sp³-hybridized carbons (Fsp3) is 0.222. The predicted octanol–water partition coefficient (Wildman–Crippen LogP) is 6.25. The van der Waals surface area contributed by atoms with Gasteiger partial charge in [-0.3, -0.25) is 0 Å². The largest absolute Gasteiger partial charge is 0.508 e. The van der Waals surface area contributed by atoms with Crippen molar-refractivity contribution in [2.45, 2.75) is 38.5 Å². The molecule has 0 saturated carbocycles. The van der Waals surface area contributed by atoms with Gasteiger partial charge in [-0.15, -0.1) is 0 Å². The fourth-order valence-electron chi connectivity index (χ4n) is 3.26. The number of carbonyl (C=O) groups is 3. The van der Waals surface area contributed by atoms with E-state index in [9.17, 15) is 37.1 Å². The Balaban J connectivity index is 1.76. The summed E-state index contributed by atoms with van der Waals surface area (Å²) >= 11 is 0. The second kappa shape index (κ2) is 12.2. The lowest BCUT2D eigenvalue weighted by Crippen LogP contribution is -2.34. The zero-order valence-electron chi connectivity index (χ0n) is 20.0. The summed E-state index contributed by atoms with van der Waals surface area (Å²) in [7, 11) is 0. The smallest absolute Gasteiger partial charge is 0.425 e. The molecular formula is C27H22F4O7. The molecule has 7 nitrogen and oxygen atoms in total. The van der Waals surface area contributed by atoms with Crippen LogP contribution in [0.3, 0.4) is 0 Å². The molecule has 0 aromatic heterocycles. The lowest BCUT2D eigenvalue weighted by Gasteiger charge is -2.20. The number of phenolic OH excluding ortho intramolecular Hbond substituents is 1. The van der Waals surface area contributed by atoms with E-state index in [-0.39, 0.29) is 29.0 Å². The highest BCUT2D eigenvalue weighted by atomic mass is 19.4. The second-order valence-corrected chi connectivity index (χ2v) is 8.04. The summed E-state index contributed by atoms with van der Waals surface area (Å²) in [6.07, 6.45) is -7.09. The number of hydrogen-bond donors (Lipinski definition) is 1. The van der Waals surface area contributed by atoms with Crippen molar-refractivity contribution in [3.8, 4) is 17.2 Å². The molecule has 200 valence electrons. The van der Waals surface area contributed by atoms with Gasteiger partial charge in [0.25, 0.3) is 0 Å². The number of unbranched alkanes of at least 4 members (excludes halogenated alkanes) is 1. The molecule has 0 fully saturated rings. The van der Waals surface area contributed by atoms with Crippen LogP contribution >= 0.6 is 0 Å². The third-order valence-corrected chi connectivity index (χ3v) is 5.20. The van der Waals surface area contributed by atoms with E-state index in [1.165, 1.54) is 12.1 Å². The highest BCUT2D eigenvalue weighted by molar-refractivity contribution is 5.97. The topological polar surface area (TPSA) is 99.1 Å². The predicted molar refractivity (Wildman–Crippen MR) is 126 cm³/mol. The Kier molecular flexibility index (Phi) is 9.06. The number of hydrogen-bond acceptors (Lipinski definition) is 7. The number of alkyl halides is 3. The van der Waals surface area contributed by atoms with Crippen molar-refractivity contribution < 1.29 is 51.3 Å². The van der Waals surface area contributed by atoms with Crippen LogP contribution in [0.15, 0.2) is 66.7 Å². The first-order chi connectivity index (χ1) is 18.0. The molecule has 1 N–H and O–H groups in total. The van der Waals surface area contributed by atoms with Crippen LogP contribution in [0.25, 0.3) is 0 Å². The van der Waals surface area contributed by atoms with Gasteiger partial charge >= 0.3 is 24.1 Å². The van der Waals surface area contributed by atoms with Gasteiger partial charge in [-0.05, 0) is 49.2 Å². The van der Waals surface area contributed by atoms with E-state index in [0.717, 1.165) is 30.3 Å². The summed E-state index contributed by atoms with van der Waals surface area (Å²) in [5.41, 5.74) is -0.903. The second-order valence-electron chi connectivity index (χ2n) is 8.04. The van der Waals surface area contributed by atoms with Gasteiger partial charge in [-0.1, -0.05) is 31.5 Å². The zero-order valence-corrected chi connectivity index (χ0v) is 20.0. The van der Waals surface area contributed by atoms with Gasteiger partial charge in [-0.25, -0.2) is 18.8 Å². The minimum absolute atomic E-state index is 0.148. The van der Waals surface area contributed by atoms with E-state index >= 15 is 0 Å². The van der Waals surface area contributed by atoms with Crippen LogP contribution in [0.4, 0.5) is 17.6 Å². The highest BCUT2D eigenvalue weighted by Crippen LogP contribution is 2.30. The molecule has 3 aromatic rings. The highest BCUT2D eigenvalue weighted by Gasteiger charge is 2.42. The number of phenols is 1. The molecule has 0 unspecified atom stereocenters. The number of carbonyl (C=O) groups excluding carboxylic acids is 3. The quantitative estimate of drug-likeness (QED) is 0.197. The number of aromatic hydroxyl groups is 1. The lowest BCUT2D eigenvalue weighted by atomic mass is 10.1. The summed E-state index contributed by atoms with van der Waals surface area (Å²) in [6, 6.07) is 13.5. The molecule has 3 aromatic carbocycles. The van der Waals surface area contributed by atoms with Crippen LogP contribution in [0.2, 0.25) is 0 Å². The average Bonchev–Trinajstić information content (AvgIpc) is 2.86. The Bertz CT molecular complexity index is 1310. The van der Waals surface area contributed by atoms with Gasteiger partial charge in [0, 0.05) is 12.1 Å². The molecule has 0 spiro atoms. The Labute approximate surface area is 214 Å². The number of ether oxygens (including phenoxy) is 3. The maximum Gasteiger partial charge on any atom is 0.425 e. The molecule has 0 radical (unpaired) electrons. The fourth-order valence-corrected chi connectivity index (χ4v) is 3.26. The van der Waals surface area contributed by atoms with Crippen LogP contribution in [-0.4, -0.2) is 35.3 Å². The number of rotatable bonds is 9. The van der Waals surface area contributed by atoms with Crippen molar-refractivity contribution >= 4 is 17.9 Å². The van der Waals surface area contributed by atoms with E-state index in [4.69, 9.17) is 9.47 Å². The molecule has 38 heavy (non-hydrogen) atoms. The SMILES string of the molecule is CCCC[C@@H](OC(=O)c1ccc(OC(=O)c2ccc(O)cc2OC(=O)c2ccccc2)cc1F)C(F)(F)F. The minimum Gasteiger partial charge on any atom is -0.508 e. The van der Waals surface area contributed by atoms with Crippen LogP contribution in [0, 0.1) is 5.82 Å². The van der Waals surface area contributed by atoms with Gasteiger partial charge in [0.05, 0.1) is 11.1 Å². The maximum atomic E-state index is 14.6. The summed E-state index contributed by atoms with van der Waals surface area (Å²) in [4.78, 5) is 37.3. The Morgan fingerprint density at radius 1 is 0.868 bits per heavy atom. The van der Waals surface area contributed by atoms with Gasteiger partial charge in [0.1, 0.15) is 28.6 Å². The zero-order chi connectivity index (χ0) is 27.9. The Morgan fingerprint density at radius 3 is 2.18 bits per heavy atom. The van der Waals surface area contributed by atoms with Crippen LogP contribution in [0.1, 0.15) is 57.3 Å². The monoisotopic (exact) mass is 534 g/mol. The number of halogens is 4. The average molecular weight is 534 g/mol. The van der Waals surface area contributed by atoms with Crippen LogP contribution < -0.4 is 9.47 Å². The summed E-state index contributed by atoms with van der Waals surface area (Å²) in [5, 5.41) is 9.76. The van der Waals surface area contributed by atoms with Crippen molar-refractivity contribution in [1.82, 2.24) is 0 Å². The van der Waals surface area contributed by atoms with Crippen molar-refractivity contribution in [1.29, 1.82) is 0 Å². The molecule has 0 saturated heterocycles. The van der Waals surface area contributed by atoms with Gasteiger partial charge in [-0.2, -0.15) is 13.2 Å². The summed E-state index contributed by atoms with van der Waals surface area (Å²) < 4.78 is 68.8. The van der Waals surface area contributed by atoms with E-state index in [1.54, 1.807) is 25.1 Å². The van der Waals surface area contributed by atoms with Gasteiger partial charge in [0.2, 0.25) is 0 Å². The first-order valence-corrected chi connectivity index (χ1v) is 11.4. The first kappa shape index (κ1) is 28.2. The van der Waals surface area contributed by atoms with Gasteiger partial charge in [0.15, 0.2) is 6.10 Å². The number of benzene rings is 3. The maximum absolute atomic E-state index is 14.6.